The van der Waals surface area contributed by atoms with E-state index >= 15 is 0 Å². The molecule has 2 amide bonds. The minimum atomic E-state index is -0.759. The van der Waals surface area contributed by atoms with Crippen molar-refractivity contribution in [2.75, 3.05) is 25.0 Å². The van der Waals surface area contributed by atoms with Gasteiger partial charge < -0.3 is 20.7 Å². The maximum absolute atomic E-state index is 12.3. The number of amides is 2. The number of hydrogen-bond donors (Lipinski definition) is 2. The second kappa shape index (κ2) is 9.58. The summed E-state index contributed by atoms with van der Waals surface area (Å²) in [6.45, 7) is 5.10. The molecule has 0 fully saturated rings. The summed E-state index contributed by atoms with van der Waals surface area (Å²) in [6, 6.07) is 15.3. The average Bonchev–Trinajstić information content (AvgIpc) is 2.67. The smallest absolute Gasteiger partial charge is 0.260 e. The third kappa shape index (κ3) is 5.32. The first-order valence-electron chi connectivity index (χ1n) is 8.67. The molecule has 0 bridgehead atoms. The van der Waals surface area contributed by atoms with Crippen molar-refractivity contribution in [2.24, 2.45) is 5.73 Å². The van der Waals surface area contributed by atoms with E-state index in [9.17, 15) is 9.59 Å². The zero-order valence-corrected chi connectivity index (χ0v) is 15.1. The predicted molar refractivity (Wildman–Crippen MR) is 102 cm³/mol. The minimum absolute atomic E-state index is 0.0391. The van der Waals surface area contributed by atoms with Crippen LogP contribution in [0.15, 0.2) is 54.6 Å². The van der Waals surface area contributed by atoms with Crippen molar-refractivity contribution in [1.82, 2.24) is 4.90 Å². The Balaban J connectivity index is 1.96. The van der Waals surface area contributed by atoms with Crippen molar-refractivity contribution in [3.05, 3.63) is 60.2 Å². The number of likely N-dealkylation sites (N-methyl/N-ethyl adjacent to an activating group) is 1. The van der Waals surface area contributed by atoms with E-state index in [1.165, 1.54) is 0 Å². The van der Waals surface area contributed by atoms with Crippen LogP contribution in [0, 0.1) is 0 Å². The Morgan fingerprint density at radius 2 is 1.77 bits per heavy atom. The highest BCUT2D eigenvalue weighted by atomic mass is 16.5. The fourth-order valence-electron chi connectivity index (χ4n) is 2.51. The molecule has 0 saturated carbocycles. The van der Waals surface area contributed by atoms with Gasteiger partial charge in [-0.2, -0.15) is 0 Å². The molecule has 26 heavy (non-hydrogen) atoms. The molecule has 0 aliphatic rings. The fraction of sp³-hybridized carbons (Fsp3) is 0.300. The van der Waals surface area contributed by atoms with E-state index in [4.69, 9.17) is 10.5 Å². The summed E-state index contributed by atoms with van der Waals surface area (Å²) in [5.74, 6) is 0.125. The lowest BCUT2D eigenvalue weighted by atomic mass is 10.1. The van der Waals surface area contributed by atoms with Gasteiger partial charge in [-0.05, 0) is 31.5 Å². The lowest BCUT2D eigenvalue weighted by Crippen LogP contribution is -2.34. The number of carbonyl (C=O) groups is 2. The van der Waals surface area contributed by atoms with Crippen LogP contribution in [0.4, 0.5) is 5.69 Å². The van der Waals surface area contributed by atoms with E-state index in [2.05, 4.69) is 5.32 Å². The van der Waals surface area contributed by atoms with Gasteiger partial charge in [-0.3, -0.25) is 9.59 Å². The third-order valence-electron chi connectivity index (χ3n) is 4.02. The molecule has 3 N–H and O–H groups in total. The molecular weight excluding hydrogens is 330 g/mol. The topological polar surface area (TPSA) is 84.7 Å². The van der Waals surface area contributed by atoms with Crippen LogP contribution >= 0.6 is 0 Å². The van der Waals surface area contributed by atoms with Crippen molar-refractivity contribution >= 4 is 17.5 Å². The molecule has 2 rings (SSSR count). The number of rotatable bonds is 8. The molecule has 0 spiro atoms. The summed E-state index contributed by atoms with van der Waals surface area (Å²) in [4.78, 5) is 26.0. The summed E-state index contributed by atoms with van der Waals surface area (Å²) < 4.78 is 5.55. The van der Waals surface area contributed by atoms with Gasteiger partial charge in [-0.25, -0.2) is 0 Å². The summed E-state index contributed by atoms with van der Waals surface area (Å²) in [7, 11) is 0. The summed E-state index contributed by atoms with van der Waals surface area (Å²) in [5.41, 5.74) is 7.30. The summed E-state index contributed by atoms with van der Waals surface area (Å²) in [6.07, 6.45) is 0. The van der Waals surface area contributed by atoms with Crippen LogP contribution in [-0.4, -0.2) is 36.4 Å². The van der Waals surface area contributed by atoms with Crippen LogP contribution in [0.3, 0.4) is 0 Å². The van der Waals surface area contributed by atoms with Crippen LogP contribution < -0.4 is 15.8 Å². The zero-order valence-electron chi connectivity index (χ0n) is 15.1. The maximum Gasteiger partial charge on any atom is 0.260 e. The van der Waals surface area contributed by atoms with Crippen LogP contribution in [0.25, 0.3) is 0 Å². The first-order chi connectivity index (χ1) is 12.5. The molecule has 6 nitrogen and oxygen atoms in total. The van der Waals surface area contributed by atoms with E-state index in [1.54, 1.807) is 29.2 Å². The second-order valence-electron chi connectivity index (χ2n) is 5.76. The Morgan fingerprint density at radius 1 is 1.08 bits per heavy atom. The van der Waals surface area contributed by atoms with Crippen LogP contribution in [0.2, 0.25) is 0 Å². The number of anilines is 1. The SMILES string of the molecule is CCN(CC)C(=O)COc1cccc(NC(=O)C(N)c2ccccc2)c1. The molecule has 0 heterocycles. The number of hydrogen-bond acceptors (Lipinski definition) is 4. The van der Waals surface area contributed by atoms with Crippen molar-refractivity contribution in [2.45, 2.75) is 19.9 Å². The highest BCUT2D eigenvalue weighted by Gasteiger charge is 2.16. The van der Waals surface area contributed by atoms with Gasteiger partial charge in [0.1, 0.15) is 11.8 Å². The monoisotopic (exact) mass is 355 g/mol. The Labute approximate surface area is 153 Å². The van der Waals surface area contributed by atoms with E-state index in [0.29, 0.717) is 24.5 Å². The lowest BCUT2D eigenvalue weighted by molar-refractivity contribution is -0.133. The van der Waals surface area contributed by atoms with E-state index in [1.807, 2.05) is 44.2 Å². The minimum Gasteiger partial charge on any atom is -0.484 e. The van der Waals surface area contributed by atoms with Gasteiger partial charge in [0.15, 0.2) is 6.61 Å². The van der Waals surface area contributed by atoms with E-state index in [-0.39, 0.29) is 18.4 Å². The molecule has 0 saturated heterocycles. The van der Waals surface area contributed by atoms with Crippen molar-refractivity contribution in [3.8, 4) is 5.75 Å². The first-order valence-corrected chi connectivity index (χ1v) is 8.67. The van der Waals surface area contributed by atoms with Gasteiger partial charge in [-0.15, -0.1) is 0 Å². The molecule has 0 radical (unpaired) electrons. The number of benzene rings is 2. The molecule has 2 aromatic carbocycles. The molecular formula is C20H25N3O3. The molecule has 2 aromatic rings. The highest BCUT2D eigenvalue weighted by Crippen LogP contribution is 2.19. The number of carbonyl (C=O) groups excluding carboxylic acids is 2. The normalized spacial score (nSPS) is 11.5. The molecule has 0 aliphatic heterocycles. The second-order valence-corrected chi connectivity index (χ2v) is 5.76. The number of ether oxygens (including phenoxy) is 1. The van der Waals surface area contributed by atoms with Crippen molar-refractivity contribution < 1.29 is 14.3 Å². The Bertz CT molecular complexity index is 730. The summed E-state index contributed by atoms with van der Waals surface area (Å²) in [5, 5.41) is 2.77. The molecule has 6 heteroatoms. The molecule has 0 aromatic heterocycles. The fourth-order valence-corrected chi connectivity index (χ4v) is 2.51. The number of nitrogens with one attached hydrogen (secondary N) is 1. The molecule has 1 unspecified atom stereocenters. The standard InChI is InChI=1S/C20H25N3O3/c1-3-23(4-2)18(24)14-26-17-12-8-11-16(13-17)22-20(25)19(21)15-9-6-5-7-10-15/h5-13,19H,3-4,14,21H2,1-2H3,(H,22,25). The Morgan fingerprint density at radius 3 is 2.42 bits per heavy atom. The Hall–Kier alpha value is -2.86. The van der Waals surface area contributed by atoms with Crippen LogP contribution in [-0.2, 0) is 9.59 Å². The van der Waals surface area contributed by atoms with Gasteiger partial charge in [0.05, 0.1) is 0 Å². The van der Waals surface area contributed by atoms with Gasteiger partial charge in [0, 0.05) is 24.8 Å². The van der Waals surface area contributed by atoms with Gasteiger partial charge >= 0.3 is 0 Å². The number of nitrogens with two attached hydrogens (primary N) is 1. The molecule has 0 aliphatic carbocycles. The third-order valence-corrected chi connectivity index (χ3v) is 4.02. The largest absolute Gasteiger partial charge is 0.484 e. The number of nitrogens with zero attached hydrogens (tertiary/aromatic N) is 1. The average molecular weight is 355 g/mol. The van der Waals surface area contributed by atoms with Crippen molar-refractivity contribution in [3.63, 3.8) is 0 Å². The van der Waals surface area contributed by atoms with Gasteiger partial charge in [0.2, 0.25) is 5.91 Å². The summed E-state index contributed by atoms with van der Waals surface area (Å²) >= 11 is 0. The van der Waals surface area contributed by atoms with Gasteiger partial charge in [0.25, 0.3) is 5.91 Å². The predicted octanol–water partition coefficient (Wildman–Crippen LogP) is 2.57. The molecule has 1 atom stereocenters. The van der Waals surface area contributed by atoms with Gasteiger partial charge in [-0.1, -0.05) is 36.4 Å². The van der Waals surface area contributed by atoms with E-state index in [0.717, 1.165) is 5.56 Å². The van der Waals surface area contributed by atoms with Crippen molar-refractivity contribution in [1.29, 1.82) is 0 Å². The lowest BCUT2D eigenvalue weighted by Gasteiger charge is -2.19. The zero-order chi connectivity index (χ0) is 18.9. The van der Waals surface area contributed by atoms with Crippen LogP contribution in [0.5, 0.6) is 5.75 Å². The maximum atomic E-state index is 12.3. The Kier molecular flexibility index (Phi) is 7.17. The molecule has 138 valence electrons. The van der Waals surface area contributed by atoms with Crippen LogP contribution in [0.1, 0.15) is 25.5 Å². The van der Waals surface area contributed by atoms with E-state index < -0.39 is 6.04 Å². The first kappa shape index (κ1) is 19.5. The quantitative estimate of drug-likeness (QED) is 0.762. The highest BCUT2D eigenvalue weighted by molar-refractivity contribution is 5.95.